The first-order chi connectivity index (χ1) is 9.03. The summed E-state index contributed by atoms with van der Waals surface area (Å²) in [6, 6.07) is 1.67. The molecule has 0 unspecified atom stereocenters. The molecule has 0 saturated heterocycles. The van der Waals surface area contributed by atoms with E-state index in [1.807, 2.05) is 14.0 Å². The lowest BCUT2D eigenvalue weighted by atomic mass is 10.4. The summed E-state index contributed by atoms with van der Waals surface area (Å²) in [4.78, 5) is 4.16. The van der Waals surface area contributed by atoms with E-state index in [9.17, 15) is 8.42 Å². The highest BCUT2D eigenvalue weighted by atomic mass is 32.2. The zero-order valence-electron chi connectivity index (χ0n) is 10.8. The lowest BCUT2D eigenvalue weighted by molar-refractivity contribution is 0.601. The first kappa shape index (κ1) is 14.0. The van der Waals surface area contributed by atoms with Gasteiger partial charge in [-0.15, -0.1) is 11.3 Å². The number of aryl methyl sites for hydroxylation is 1. The topological polar surface area (TPSA) is 76.0 Å². The van der Waals surface area contributed by atoms with E-state index in [0.717, 1.165) is 12.2 Å². The molecule has 0 spiro atoms. The Labute approximate surface area is 116 Å². The minimum Gasteiger partial charge on any atom is -0.352 e. The van der Waals surface area contributed by atoms with Crippen LogP contribution in [-0.4, -0.2) is 24.5 Å². The minimum absolute atomic E-state index is 0.248. The third-order valence-electron chi connectivity index (χ3n) is 2.60. The molecule has 0 fully saturated rings. The van der Waals surface area contributed by atoms with E-state index < -0.39 is 10.0 Å². The van der Waals surface area contributed by atoms with Gasteiger partial charge < -0.3 is 9.88 Å². The van der Waals surface area contributed by atoms with Crippen molar-refractivity contribution in [3.8, 4) is 0 Å². The molecule has 0 atom stereocenters. The molecule has 2 aromatic heterocycles. The summed E-state index contributed by atoms with van der Waals surface area (Å²) in [5.74, 6) is 0. The van der Waals surface area contributed by atoms with Crippen LogP contribution in [0.5, 0.6) is 0 Å². The highest BCUT2D eigenvalue weighted by Crippen LogP contribution is 2.19. The lowest BCUT2D eigenvalue weighted by Gasteiger charge is -2.02. The zero-order valence-corrected chi connectivity index (χ0v) is 12.4. The number of aromatic nitrogens is 2. The Morgan fingerprint density at radius 3 is 2.89 bits per heavy atom. The van der Waals surface area contributed by atoms with E-state index in [0.29, 0.717) is 11.7 Å². The van der Waals surface area contributed by atoms with Gasteiger partial charge in [-0.25, -0.2) is 13.4 Å². The van der Waals surface area contributed by atoms with Gasteiger partial charge in [-0.2, -0.15) is 0 Å². The first-order valence-corrected chi connectivity index (χ1v) is 8.17. The maximum Gasteiger partial charge on any atom is 0.265 e. The molecule has 2 heterocycles. The second-order valence-corrected chi connectivity index (χ2v) is 6.58. The highest BCUT2D eigenvalue weighted by Gasteiger charge is 2.18. The normalized spacial score (nSPS) is 11.7. The van der Waals surface area contributed by atoms with Crippen molar-refractivity contribution < 1.29 is 8.42 Å². The van der Waals surface area contributed by atoms with Crippen LogP contribution in [0.3, 0.4) is 0 Å². The fourth-order valence-corrected chi connectivity index (χ4v) is 3.48. The summed E-state index contributed by atoms with van der Waals surface area (Å²) in [5, 5.41) is 5.26. The molecule has 104 valence electrons. The molecular formula is C11H16N4O2S2. The van der Waals surface area contributed by atoms with Crippen molar-refractivity contribution in [3.63, 3.8) is 0 Å². The van der Waals surface area contributed by atoms with E-state index in [1.54, 1.807) is 28.4 Å². The number of hydrogen-bond donors (Lipinski definition) is 2. The predicted molar refractivity (Wildman–Crippen MR) is 75.7 cm³/mol. The third-order valence-corrected chi connectivity index (χ3v) is 4.73. The fraction of sp³-hybridized carbons (Fsp3) is 0.364. The first-order valence-electron chi connectivity index (χ1n) is 5.81. The maximum atomic E-state index is 12.2. The van der Waals surface area contributed by atoms with Crippen molar-refractivity contribution >= 4 is 26.5 Å². The van der Waals surface area contributed by atoms with E-state index in [2.05, 4.69) is 15.0 Å². The Balaban J connectivity index is 2.21. The summed E-state index contributed by atoms with van der Waals surface area (Å²) in [6.45, 7) is 3.48. The average molecular weight is 300 g/mol. The highest BCUT2D eigenvalue weighted by molar-refractivity contribution is 7.93. The van der Waals surface area contributed by atoms with Crippen LogP contribution in [0.15, 0.2) is 28.7 Å². The maximum absolute atomic E-state index is 12.2. The zero-order chi connectivity index (χ0) is 13.9. The molecule has 0 aromatic carbocycles. The van der Waals surface area contributed by atoms with Crippen LogP contribution in [0.25, 0.3) is 0 Å². The molecule has 6 nitrogen and oxygen atoms in total. The van der Waals surface area contributed by atoms with Gasteiger partial charge in [-0.1, -0.05) is 6.92 Å². The summed E-state index contributed by atoms with van der Waals surface area (Å²) >= 11 is 1.25. The quantitative estimate of drug-likeness (QED) is 0.845. The SMILES string of the molecule is CCNCc1cc(S(=O)(=O)Nc2nccs2)cn1C. The van der Waals surface area contributed by atoms with Gasteiger partial charge in [0.1, 0.15) is 4.90 Å². The summed E-state index contributed by atoms with van der Waals surface area (Å²) in [7, 11) is -1.73. The van der Waals surface area contributed by atoms with Crippen LogP contribution in [0.4, 0.5) is 5.13 Å². The largest absolute Gasteiger partial charge is 0.352 e. The third kappa shape index (κ3) is 3.34. The van der Waals surface area contributed by atoms with Crippen molar-refractivity contribution in [2.24, 2.45) is 7.05 Å². The molecule has 2 rings (SSSR count). The summed E-state index contributed by atoms with van der Waals surface area (Å²) in [6.07, 6.45) is 3.16. The molecule has 0 radical (unpaired) electrons. The Kier molecular flexibility index (Phi) is 4.23. The molecule has 0 aliphatic carbocycles. The second kappa shape index (κ2) is 5.72. The van der Waals surface area contributed by atoms with Gasteiger partial charge in [-0.05, 0) is 12.6 Å². The standard InChI is InChI=1S/C11H16N4O2S2/c1-3-12-7-9-6-10(8-15(9)2)19(16,17)14-11-13-4-5-18-11/h4-6,8,12H,3,7H2,1-2H3,(H,13,14). The molecule has 0 amide bonds. The molecule has 0 aliphatic rings. The smallest absolute Gasteiger partial charge is 0.265 e. The minimum atomic E-state index is -3.56. The van der Waals surface area contributed by atoms with Crippen LogP contribution in [0, 0.1) is 0 Å². The second-order valence-electron chi connectivity index (χ2n) is 4.00. The van der Waals surface area contributed by atoms with Crippen molar-refractivity contribution in [3.05, 3.63) is 29.5 Å². The van der Waals surface area contributed by atoms with Crippen molar-refractivity contribution in [1.82, 2.24) is 14.9 Å². The Hall–Kier alpha value is -1.38. The number of nitrogens with zero attached hydrogens (tertiary/aromatic N) is 2. The van der Waals surface area contributed by atoms with Crippen LogP contribution >= 0.6 is 11.3 Å². The molecule has 0 bridgehead atoms. The Morgan fingerprint density at radius 1 is 1.47 bits per heavy atom. The fourth-order valence-electron chi connectivity index (χ4n) is 1.60. The van der Waals surface area contributed by atoms with Gasteiger partial charge in [0, 0.05) is 37.1 Å². The van der Waals surface area contributed by atoms with Crippen LogP contribution in [0.1, 0.15) is 12.6 Å². The van der Waals surface area contributed by atoms with Crippen molar-refractivity contribution in [2.45, 2.75) is 18.4 Å². The number of sulfonamides is 1. The molecule has 8 heteroatoms. The van der Waals surface area contributed by atoms with Crippen molar-refractivity contribution in [1.29, 1.82) is 0 Å². The molecule has 2 aromatic rings. The molecule has 19 heavy (non-hydrogen) atoms. The average Bonchev–Trinajstić information content (AvgIpc) is 2.96. The van der Waals surface area contributed by atoms with Gasteiger partial charge in [0.15, 0.2) is 5.13 Å². The number of rotatable bonds is 6. The van der Waals surface area contributed by atoms with Gasteiger partial charge in [0.05, 0.1) is 0 Å². The number of nitrogens with one attached hydrogen (secondary N) is 2. The monoisotopic (exact) mass is 300 g/mol. The van der Waals surface area contributed by atoms with E-state index in [1.165, 1.54) is 11.3 Å². The summed E-state index contributed by atoms with van der Waals surface area (Å²) < 4.78 is 28.6. The molecule has 0 saturated carbocycles. The molecule has 0 aliphatic heterocycles. The number of anilines is 1. The lowest BCUT2D eigenvalue weighted by Crippen LogP contribution is -2.14. The van der Waals surface area contributed by atoms with Crippen LogP contribution < -0.4 is 10.0 Å². The van der Waals surface area contributed by atoms with Gasteiger partial charge in [0.2, 0.25) is 0 Å². The van der Waals surface area contributed by atoms with E-state index >= 15 is 0 Å². The number of thiazole rings is 1. The van der Waals surface area contributed by atoms with E-state index in [-0.39, 0.29) is 4.90 Å². The van der Waals surface area contributed by atoms with Crippen LogP contribution in [0.2, 0.25) is 0 Å². The van der Waals surface area contributed by atoms with E-state index in [4.69, 9.17) is 0 Å². The Bertz CT molecular complexity index is 632. The van der Waals surface area contributed by atoms with Gasteiger partial charge in [0.25, 0.3) is 10.0 Å². The van der Waals surface area contributed by atoms with Gasteiger partial charge >= 0.3 is 0 Å². The van der Waals surface area contributed by atoms with Gasteiger partial charge in [-0.3, -0.25) is 4.72 Å². The number of hydrogen-bond acceptors (Lipinski definition) is 5. The molecular weight excluding hydrogens is 284 g/mol. The van der Waals surface area contributed by atoms with Crippen molar-refractivity contribution in [2.75, 3.05) is 11.3 Å². The summed E-state index contributed by atoms with van der Waals surface area (Å²) in [5.41, 5.74) is 0.918. The predicted octanol–water partition coefficient (Wildman–Crippen LogP) is 1.39. The Morgan fingerprint density at radius 2 is 2.26 bits per heavy atom. The van der Waals surface area contributed by atoms with Crippen LogP contribution in [-0.2, 0) is 23.6 Å². The molecule has 2 N–H and O–H groups in total.